The van der Waals surface area contributed by atoms with Crippen LogP contribution in [0.25, 0.3) is 0 Å². The quantitative estimate of drug-likeness (QED) is 0.469. The molecule has 0 spiro atoms. The minimum atomic E-state index is -4.43. The van der Waals surface area contributed by atoms with Gasteiger partial charge in [0.15, 0.2) is 5.82 Å². The van der Waals surface area contributed by atoms with Crippen LogP contribution < -0.4 is 16.0 Å². The molecule has 0 aliphatic rings. The van der Waals surface area contributed by atoms with Gasteiger partial charge < -0.3 is 16.0 Å². The summed E-state index contributed by atoms with van der Waals surface area (Å²) in [5.74, 6) is 1.21. The predicted octanol–water partition coefficient (Wildman–Crippen LogP) is 4.02. The summed E-state index contributed by atoms with van der Waals surface area (Å²) in [5.41, 5.74) is 5.43. The molecule has 0 aliphatic carbocycles. The summed E-state index contributed by atoms with van der Waals surface area (Å²) in [6.07, 6.45) is 0.901. The number of halogens is 4. The van der Waals surface area contributed by atoms with E-state index in [1.54, 1.807) is 0 Å². The molecule has 0 fully saturated rings. The number of nitrogen functional groups attached to an aromatic ring is 1. The van der Waals surface area contributed by atoms with E-state index in [0.717, 1.165) is 12.1 Å². The van der Waals surface area contributed by atoms with Crippen LogP contribution in [-0.2, 0) is 17.5 Å². The molecule has 0 unspecified atom stereocenters. The Morgan fingerprint density at radius 1 is 1.22 bits per heavy atom. The lowest BCUT2D eigenvalue weighted by atomic mass is 10.1. The van der Waals surface area contributed by atoms with Crippen LogP contribution in [-0.4, -0.2) is 12.5 Å². The highest BCUT2D eigenvalue weighted by atomic mass is 19.4. The second-order valence-electron chi connectivity index (χ2n) is 5.80. The largest absolute Gasteiger partial charge is 0.416 e. The summed E-state index contributed by atoms with van der Waals surface area (Å²) >= 11 is 0. The van der Waals surface area contributed by atoms with Gasteiger partial charge in [0.05, 0.1) is 29.2 Å². The van der Waals surface area contributed by atoms with Crippen molar-refractivity contribution in [1.82, 2.24) is 0 Å². The third-order valence-corrected chi connectivity index (χ3v) is 3.75. The Bertz CT molecular complexity index is 870. The van der Waals surface area contributed by atoms with E-state index in [1.165, 1.54) is 36.1 Å². The molecule has 0 radical (unpaired) electrons. The first kappa shape index (κ1) is 20.1. The highest BCUT2D eigenvalue weighted by molar-refractivity contribution is 5.93. The lowest BCUT2D eigenvalue weighted by Crippen LogP contribution is -2.24. The van der Waals surface area contributed by atoms with E-state index in [4.69, 9.17) is 12.2 Å². The molecule has 2 aromatic carbocycles. The third kappa shape index (κ3) is 4.91. The van der Waals surface area contributed by atoms with Crippen LogP contribution in [0.15, 0.2) is 36.4 Å². The number of hydrogen-bond acceptors (Lipinski definition) is 3. The Hall–Kier alpha value is -3.21. The molecule has 0 atom stereocenters. The number of carbonyl (C=O) groups is 1. The molecular weight excluding hydrogens is 362 g/mol. The van der Waals surface area contributed by atoms with Gasteiger partial charge in [-0.15, -0.1) is 6.42 Å². The maximum Gasteiger partial charge on any atom is 0.416 e. The highest BCUT2D eigenvalue weighted by Gasteiger charge is 2.30. The molecule has 0 aliphatic heterocycles. The van der Waals surface area contributed by atoms with Crippen LogP contribution in [0.5, 0.6) is 0 Å². The summed E-state index contributed by atoms with van der Waals surface area (Å²) in [6, 6.07) is 7.35. The van der Waals surface area contributed by atoms with Crippen molar-refractivity contribution < 1.29 is 22.4 Å². The molecule has 1 amide bonds. The van der Waals surface area contributed by atoms with Crippen molar-refractivity contribution in [3.63, 3.8) is 0 Å². The molecule has 0 bridgehead atoms. The van der Waals surface area contributed by atoms with Gasteiger partial charge in [-0.25, -0.2) is 4.39 Å². The van der Waals surface area contributed by atoms with Crippen molar-refractivity contribution in [3.8, 4) is 12.3 Å². The van der Waals surface area contributed by atoms with E-state index in [1.807, 2.05) is 0 Å². The zero-order chi connectivity index (χ0) is 20.2. The summed E-state index contributed by atoms with van der Waals surface area (Å²) in [5, 5.41) is 2.41. The Morgan fingerprint density at radius 2 is 1.85 bits per heavy atom. The van der Waals surface area contributed by atoms with E-state index in [0.29, 0.717) is 5.56 Å². The van der Waals surface area contributed by atoms with E-state index >= 15 is 0 Å². The fourth-order valence-corrected chi connectivity index (χ4v) is 2.48. The van der Waals surface area contributed by atoms with E-state index in [9.17, 15) is 22.4 Å². The molecule has 4 nitrogen and oxygen atoms in total. The summed E-state index contributed by atoms with van der Waals surface area (Å²) in [7, 11) is 0. The normalized spacial score (nSPS) is 11.0. The number of terminal acetylenes is 1. The van der Waals surface area contributed by atoms with Crippen molar-refractivity contribution in [3.05, 3.63) is 53.3 Å². The van der Waals surface area contributed by atoms with E-state index in [-0.39, 0.29) is 30.2 Å². The Morgan fingerprint density at radius 3 is 2.37 bits per heavy atom. The van der Waals surface area contributed by atoms with Gasteiger partial charge >= 0.3 is 6.18 Å². The molecule has 27 heavy (non-hydrogen) atoms. The van der Waals surface area contributed by atoms with Crippen LogP contribution >= 0.6 is 0 Å². The van der Waals surface area contributed by atoms with Crippen LogP contribution in [0.4, 0.5) is 34.6 Å². The molecule has 8 heteroatoms. The molecule has 3 N–H and O–H groups in total. The van der Waals surface area contributed by atoms with Gasteiger partial charge in [0, 0.05) is 13.5 Å². The van der Waals surface area contributed by atoms with Crippen molar-refractivity contribution >= 4 is 23.0 Å². The Kier molecular flexibility index (Phi) is 5.95. The van der Waals surface area contributed by atoms with Gasteiger partial charge in [-0.05, 0) is 29.8 Å². The summed E-state index contributed by atoms with van der Waals surface area (Å²) in [6.45, 7) is 1.36. The van der Waals surface area contributed by atoms with Gasteiger partial charge in [-0.3, -0.25) is 4.79 Å². The average molecular weight is 379 g/mol. The molecule has 2 rings (SSSR count). The molecule has 0 saturated carbocycles. The van der Waals surface area contributed by atoms with Crippen molar-refractivity contribution in [1.29, 1.82) is 0 Å². The number of amides is 1. The second kappa shape index (κ2) is 7.99. The minimum Gasteiger partial charge on any atom is -0.395 e. The SMILES string of the molecule is C#CCN(Cc1ccc(C(F)(F)F)cc1)c1ccc(NC(C)=O)c(N)c1F. The molecule has 142 valence electrons. The van der Waals surface area contributed by atoms with E-state index in [2.05, 4.69) is 11.2 Å². The first-order valence-electron chi connectivity index (χ1n) is 7.83. The summed E-state index contributed by atoms with van der Waals surface area (Å²) < 4.78 is 52.7. The number of anilines is 3. The standard InChI is InChI=1S/C19H17F4N3O/c1-3-10-26(11-13-4-6-14(7-5-13)19(21,22)23)16-9-8-15(25-12(2)27)18(24)17(16)20/h1,4-9H,10-11,24H2,2H3,(H,25,27). The van der Waals surface area contributed by atoms with E-state index < -0.39 is 23.5 Å². The number of nitrogens with zero attached hydrogens (tertiary/aromatic N) is 1. The number of nitrogens with two attached hydrogens (primary N) is 1. The van der Waals surface area contributed by atoms with Gasteiger partial charge in [0.1, 0.15) is 0 Å². The van der Waals surface area contributed by atoms with Crippen LogP contribution in [0.1, 0.15) is 18.1 Å². The molecule has 0 saturated heterocycles. The van der Waals surface area contributed by atoms with Crippen LogP contribution in [0.2, 0.25) is 0 Å². The zero-order valence-corrected chi connectivity index (χ0v) is 14.4. The second-order valence-corrected chi connectivity index (χ2v) is 5.80. The molecule has 0 aromatic heterocycles. The van der Waals surface area contributed by atoms with Gasteiger partial charge in [0.2, 0.25) is 5.91 Å². The third-order valence-electron chi connectivity index (χ3n) is 3.75. The maximum absolute atomic E-state index is 14.7. The molecule has 0 heterocycles. The number of benzene rings is 2. The first-order chi connectivity index (χ1) is 12.6. The van der Waals surface area contributed by atoms with Crippen LogP contribution in [0.3, 0.4) is 0 Å². The van der Waals surface area contributed by atoms with Gasteiger partial charge in [-0.1, -0.05) is 18.1 Å². The van der Waals surface area contributed by atoms with Gasteiger partial charge in [-0.2, -0.15) is 13.2 Å². The monoisotopic (exact) mass is 379 g/mol. The highest BCUT2D eigenvalue weighted by Crippen LogP contribution is 2.32. The first-order valence-corrected chi connectivity index (χ1v) is 7.83. The Balaban J connectivity index is 2.31. The lowest BCUT2D eigenvalue weighted by molar-refractivity contribution is -0.137. The molecular formula is C19H17F4N3O. The van der Waals surface area contributed by atoms with Crippen LogP contribution in [0, 0.1) is 18.2 Å². The maximum atomic E-state index is 14.7. The number of rotatable bonds is 5. The van der Waals surface area contributed by atoms with Crippen molar-refractivity contribution in [2.75, 3.05) is 22.5 Å². The number of hydrogen-bond donors (Lipinski definition) is 2. The average Bonchev–Trinajstić information content (AvgIpc) is 2.58. The fourth-order valence-electron chi connectivity index (χ4n) is 2.48. The minimum absolute atomic E-state index is 0.0108. The summed E-state index contributed by atoms with van der Waals surface area (Å²) in [4.78, 5) is 12.6. The lowest BCUT2D eigenvalue weighted by Gasteiger charge is -2.24. The topological polar surface area (TPSA) is 58.4 Å². The van der Waals surface area contributed by atoms with Crippen molar-refractivity contribution in [2.45, 2.75) is 19.6 Å². The Labute approximate surface area is 154 Å². The number of alkyl halides is 3. The number of nitrogens with one attached hydrogen (secondary N) is 1. The fraction of sp³-hybridized carbons (Fsp3) is 0.211. The zero-order valence-electron chi connectivity index (χ0n) is 14.4. The molecule has 2 aromatic rings. The smallest absolute Gasteiger partial charge is 0.395 e. The number of carbonyl (C=O) groups excluding carboxylic acids is 1. The van der Waals surface area contributed by atoms with Crippen molar-refractivity contribution in [2.24, 2.45) is 0 Å². The predicted molar refractivity (Wildman–Crippen MR) is 96.4 cm³/mol. The van der Waals surface area contributed by atoms with Gasteiger partial charge in [0.25, 0.3) is 0 Å².